The fourth-order valence-electron chi connectivity index (χ4n) is 6.81. The normalized spacial score (nSPS) is 14.0. The predicted octanol–water partition coefficient (Wildman–Crippen LogP) is 9.33. The molecular weight excluding hydrogens is 545 g/mol. The molecule has 6 aromatic carbocycles. The third-order valence-electron chi connectivity index (χ3n) is 8.92. The van der Waals surface area contributed by atoms with Crippen LogP contribution in [0.1, 0.15) is 25.0 Å². The van der Waals surface area contributed by atoms with Crippen LogP contribution in [0.25, 0.3) is 21.9 Å². The second-order valence-corrected chi connectivity index (χ2v) is 14.4. The van der Waals surface area contributed by atoms with Crippen molar-refractivity contribution in [2.24, 2.45) is 0 Å². The number of fused-ring (bicyclic) bond motifs is 5. The minimum Gasteiger partial charge on any atom is -0.455 e. The maximum absolute atomic E-state index is 15.9. The molecule has 0 N–H and O–H groups in total. The molecule has 3 nitrogen and oxygen atoms in total. The molecule has 1 aliphatic heterocycles. The summed E-state index contributed by atoms with van der Waals surface area (Å²) < 4.78 is 22.5. The van der Waals surface area contributed by atoms with Crippen molar-refractivity contribution in [2.45, 2.75) is 19.3 Å². The summed E-state index contributed by atoms with van der Waals surface area (Å²) in [6.45, 7) is 4.58. The SMILES string of the molecule is CC1(C)c2ccccc2N(c2cc(P(=O)(c3ccccc3)c3ccccc3)c3oc4ccccc4c3c2)c2ccccc21. The van der Waals surface area contributed by atoms with Crippen molar-refractivity contribution in [3.05, 3.63) is 157 Å². The molecule has 4 heteroatoms. The van der Waals surface area contributed by atoms with E-state index in [1.807, 2.05) is 78.9 Å². The first-order chi connectivity index (χ1) is 21.0. The zero-order chi connectivity index (χ0) is 29.2. The Morgan fingerprint density at radius 1 is 0.581 bits per heavy atom. The van der Waals surface area contributed by atoms with Gasteiger partial charge in [-0.25, -0.2) is 0 Å². The highest BCUT2D eigenvalue weighted by molar-refractivity contribution is 7.85. The highest BCUT2D eigenvalue weighted by atomic mass is 31.2. The second kappa shape index (κ2) is 9.59. The van der Waals surface area contributed by atoms with Crippen molar-refractivity contribution in [1.82, 2.24) is 0 Å². The molecule has 0 amide bonds. The fourth-order valence-corrected chi connectivity index (χ4v) is 9.61. The molecule has 0 atom stereocenters. The minimum atomic E-state index is -3.37. The summed E-state index contributed by atoms with van der Waals surface area (Å²) in [6, 6.07) is 49.4. The highest BCUT2D eigenvalue weighted by Crippen LogP contribution is 2.53. The molecule has 1 aromatic heterocycles. The molecule has 43 heavy (non-hydrogen) atoms. The predicted molar refractivity (Wildman–Crippen MR) is 180 cm³/mol. The summed E-state index contributed by atoms with van der Waals surface area (Å²) in [5.41, 5.74) is 6.98. The molecular formula is C39H30NO2P. The van der Waals surface area contributed by atoms with E-state index in [-0.39, 0.29) is 5.41 Å². The Bertz CT molecular complexity index is 2110. The van der Waals surface area contributed by atoms with Crippen LogP contribution in [0, 0.1) is 0 Å². The van der Waals surface area contributed by atoms with E-state index in [1.165, 1.54) is 11.1 Å². The largest absolute Gasteiger partial charge is 0.455 e. The van der Waals surface area contributed by atoms with Crippen molar-refractivity contribution in [3.8, 4) is 0 Å². The number of hydrogen-bond acceptors (Lipinski definition) is 3. The van der Waals surface area contributed by atoms with Crippen LogP contribution < -0.4 is 20.8 Å². The molecule has 7 aromatic rings. The van der Waals surface area contributed by atoms with E-state index in [1.54, 1.807) is 0 Å². The molecule has 0 saturated heterocycles. The van der Waals surface area contributed by atoms with Gasteiger partial charge in [-0.2, -0.15) is 0 Å². The van der Waals surface area contributed by atoms with Crippen LogP contribution in [-0.4, -0.2) is 0 Å². The van der Waals surface area contributed by atoms with Gasteiger partial charge < -0.3 is 13.9 Å². The van der Waals surface area contributed by atoms with Gasteiger partial charge in [0.25, 0.3) is 0 Å². The standard InChI is InChI=1S/C39H30NO2P/c1-39(2)32-20-10-12-22-34(32)40(35-23-13-11-21-33(35)39)27-25-31-30-19-9-14-24-36(30)42-38(31)37(26-27)43(41,28-15-5-3-6-16-28)29-17-7-4-8-18-29/h3-26H,1-2H3. The summed E-state index contributed by atoms with van der Waals surface area (Å²) in [7, 11) is -3.37. The number of benzene rings is 6. The third kappa shape index (κ3) is 3.78. The average molecular weight is 576 g/mol. The van der Waals surface area contributed by atoms with E-state index >= 15 is 4.57 Å². The van der Waals surface area contributed by atoms with Gasteiger partial charge in [-0.3, -0.25) is 0 Å². The lowest BCUT2D eigenvalue weighted by atomic mass is 9.73. The van der Waals surface area contributed by atoms with E-state index in [0.29, 0.717) is 10.9 Å². The van der Waals surface area contributed by atoms with Gasteiger partial charge in [-0.15, -0.1) is 0 Å². The van der Waals surface area contributed by atoms with Crippen LogP contribution in [0.2, 0.25) is 0 Å². The van der Waals surface area contributed by atoms with Gasteiger partial charge in [0.05, 0.1) is 16.7 Å². The summed E-state index contributed by atoms with van der Waals surface area (Å²) in [5.74, 6) is 0. The maximum Gasteiger partial charge on any atom is 0.174 e. The lowest BCUT2D eigenvalue weighted by molar-refractivity contribution is 0.592. The molecule has 208 valence electrons. The van der Waals surface area contributed by atoms with Crippen molar-refractivity contribution in [3.63, 3.8) is 0 Å². The van der Waals surface area contributed by atoms with E-state index in [2.05, 4.69) is 85.5 Å². The van der Waals surface area contributed by atoms with E-state index in [9.17, 15) is 0 Å². The van der Waals surface area contributed by atoms with Gasteiger partial charge >= 0.3 is 0 Å². The molecule has 0 aliphatic carbocycles. The molecule has 0 bridgehead atoms. The molecule has 2 heterocycles. The zero-order valence-corrected chi connectivity index (χ0v) is 25.0. The average Bonchev–Trinajstić information content (AvgIpc) is 3.44. The molecule has 1 aliphatic rings. The summed E-state index contributed by atoms with van der Waals surface area (Å²) in [5, 5.41) is 4.22. The van der Waals surface area contributed by atoms with Crippen LogP contribution in [0.4, 0.5) is 17.1 Å². The lowest BCUT2D eigenvalue weighted by Gasteiger charge is -2.42. The first kappa shape index (κ1) is 25.8. The molecule has 0 spiro atoms. The number of para-hydroxylation sites is 3. The Morgan fingerprint density at radius 3 is 1.70 bits per heavy atom. The Balaban J connectivity index is 1.51. The lowest BCUT2D eigenvalue weighted by Crippen LogP contribution is -2.31. The number of rotatable bonds is 4. The van der Waals surface area contributed by atoms with E-state index < -0.39 is 7.14 Å². The van der Waals surface area contributed by atoms with Gasteiger partial charge in [0, 0.05) is 32.5 Å². The van der Waals surface area contributed by atoms with E-state index in [0.717, 1.165) is 44.0 Å². The van der Waals surface area contributed by atoms with Crippen LogP contribution in [-0.2, 0) is 9.98 Å². The van der Waals surface area contributed by atoms with Crippen molar-refractivity contribution < 1.29 is 8.98 Å². The summed E-state index contributed by atoms with van der Waals surface area (Å²) in [6.07, 6.45) is 0. The first-order valence-electron chi connectivity index (χ1n) is 14.6. The van der Waals surface area contributed by atoms with Gasteiger partial charge in [-0.1, -0.05) is 129 Å². The van der Waals surface area contributed by atoms with E-state index in [4.69, 9.17) is 4.42 Å². The van der Waals surface area contributed by atoms with Gasteiger partial charge in [0.1, 0.15) is 11.2 Å². The molecule has 0 saturated carbocycles. The number of hydrogen-bond donors (Lipinski definition) is 0. The summed E-state index contributed by atoms with van der Waals surface area (Å²) in [4.78, 5) is 2.33. The van der Waals surface area contributed by atoms with Gasteiger partial charge in [-0.05, 0) is 41.5 Å². The summed E-state index contributed by atoms with van der Waals surface area (Å²) >= 11 is 0. The fraction of sp³-hybridized carbons (Fsp3) is 0.0769. The quantitative estimate of drug-likeness (QED) is 0.196. The van der Waals surface area contributed by atoms with Crippen LogP contribution >= 0.6 is 7.14 Å². The second-order valence-electron chi connectivity index (χ2n) is 11.7. The Morgan fingerprint density at radius 2 is 1.09 bits per heavy atom. The zero-order valence-electron chi connectivity index (χ0n) is 24.1. The molecule has 0 unspecified atom stereocenters. The molecule has 0 fully saturated rings. The number of anilines is 3. The molecule has 8 rings (SSSR count). The topological polar surface area (TPSA) is 33.5 Å². The van der Waals surface area contributed by atoms with Gasteiger partial charge in [0.2, 0.25) is 0 Å². The third-order valence-corrected chi connectivity index (χ3v) is 12.0. The number of furan rings is 1. The Labute approximate surface area is 251 Å². The van der Waals surface area contributed by atoms with Crippen LogP contribution in [0.3, 0.4) is 0 Å². The Hall–Kier alpha value is -4.85. The van der Waals surface area contributed by atoms with Crippen molar-refractivity contribution in [1.29, 1.82) is 0 Å². The highest BCUT2D eigenvalue weighted by Gasteiger charge is 2.38. The first-order valence-corrected chi connectivity index (χ1v) is 16.3. The minimum absolute atomic E-state index is 0.178. The maximum atomic E-state index is 15.9. The number of nitrogens with zero attached hydrogens (tertiary/aromatic N) is 1. The van der Waals surface area contributed by atoms with Gasteiger partial charge in [0.15, 0.2) is 7.14 Å². The Kier molecular flexibility index (Phi) is 5.76. The van der Waals surface area contributed by atoms with Crippen LogP contribution in [0.5, 0.6) is 0 Å². The molecule has 0 radical (unpaired) electrons. The van der Waals surface area contributed by atoms with Crippen molar-refractivity contribution >= 4 is 62.1 Å². The smallest absolute Gasteiger partial charge is 0.174 e. The monoisotopic (exact) mass is 575 g/mol. The van der Waals surface area contributed by atoms with Crippen molar-refractivity contribution in [2.75, 3.05) is 4.90 Å². The van der Waals surface area contributed by atoms with Crippen LogP contribution in [0.15, 0.2) is 150 Å².